The van der Waals surface area contributed by atoms with E-state index in [2.05, 4.69) is 4.90 Å². The van der Waals surface area contributed by atoms with E-state index < -0.39 is 0 Å². The zero-order valence-electron chi connectivity index (χ0n) is 9.91. The highest BCUT2D eigenvalue weighted by atomic mass is 35.5. The van der Waals surface area contributed by atoms with Gasteiger partial charge in [0, 0.05) is 18.8 Å². The summed E-state index contributed by atoms with van der Waals surface area (Å²) in [5.74, 6) is 0. The third-order valence-electron chi connectivity index (χ3n) is 2.78. The van der Waals surface area contributed by atoms with E-state index in [1.54, 1.807) is 12.1 Å². The van der Waals surface area contributed by atoms with Crippen LogP contribution in [0.5, 0.6) is 0 Å². The fourth-order valence-corrected chi connectivity index (χ4v) is 2.99. The monoisotopic (exact) mass is 274 g/mol. The number of halogens is 2. The van der Waals surface area contributed by atoms with Crippen LogP contribution in [0.3, 0.4) is 0 Å². The van der Waals surface area contributed by atoms with E-state index in [0.29, 0.717) is 15.7 Å². The van der Waals surface area contributed by atoms with Gasteiger partial charge in [0.05, 0.1) is 27.9 Å². The van der Waals surface area contributed by atoms with E-state index in [1.165, 1.54) is 0 Å². The molecule has 17 heavy (non-hydrogen) atoms. The molecule has 3 nitrogen and oxygen atoms in total. The summed E-state index contributed by atoms with van der Waals surface area (Å²) in [6, 6.07) is 3.46. The van der Waals surface area contributed by atoms with Crippen LogP contribution in [0.25, 0.3) is 0 Å². The number of hydrogen-bond donors (Lipinski definition) is 1. The van der Waals surface area contributed by atoms with Gasteiger partial charge >= 0.3 is 0 Å². The van der Waals surface area contributed by atoms with Crippen molar-refractivity contribution in [3.8, 4) is 0 Å². The molecule has 0 amide bonds. The Kier molecular flexibility index (Phi) is 3.71. The normalized spacial score (nSPS) is 25.1. The van der Waals surface area contributed by atoms with Gasteiger partial charge in [0.1, 0.15) is 0 Å². The molecule has 0 aromatic heterocycles. The smallest absolute Gasteiger partial charge is 0.0748 e. The number of benzene rings is 1. The molecule has 0 bridgehead atoms. The lowest BCUT2D eigenvalue weighted by molar-refractivity contribution is -0.00519. The fraction of sp³-hybridized carbons (Fsp3) is 0.500. The summed E-state index contributed by atoms with van der Waals surface area (Å²) in [6.45, 7) is 5.66. The number of ether oxygens (including phenoxy) is 1. The lowest BCUT2D eigenvalue weighted by Crippen LogP contribution is -2.45. The average molecular weight is 275 g/mol. The van der Waals surface area contributed by atoms with E-state index in [-0.39, 0.29) is 12.2 Å². The maximum atomic E-state index is 6.22. The molecule has 1 aromatic rings. The second kappa shape index (κ2) is 4.92. The molecule has 1 aliphatic heterocycles. The van der Waals surface area contributed by atoms with Crippen molar-refractivity contribution in [2.75, 3.05) is 23.7 Å². The average Bonchev–Trinajstić information content (AvgIpc) is 2.13. The van der Waals surface area contributed by atoms with Gasteiger partial charge in [0.25, 0.3) is 0 Å². The highest BCUT2D eigenvalue weighted by Crippen LogP contribution is 2.37. The first kappa shape index (κ1) is 12.8. The molecule has 0 unspecified atom stereocenters. The summed E-state index contributed by atoms with van der Waals surface area (Å²) >= 11 is 12.4. The molecule has 0 spiro atoms. The molecule has 1 fully saturated rings. The van der Waals surface area contributed by atoms with Gasteiger partial charge in [0.2, 0.25) is 0 Å². The molecule has 1 aliphatic rings. The quantitative estimate of drug-likeness (QED) is 0.800. The number of nitrogens with zero attached hydrogens (tertiary/aromatic N) is 1. The maximum Gasteiger partial charge on any atom is 0.0748 e. The third-order valence-corrected chi connectivity index (χ3v) is 3.35. The van der Waals surface area contributed by atoms with Crippen molar-refractivity contribution in [2.45, 2.75) is 26.1 Å². The predicted molar refractivity (Wildman–Crippen MR) is 73.1 cm³/mol. The van der Waals surface area contributed by atoms with Crippen LogP contribution in [0.1, 0.15) is 13.8 Å². The molecule has 0 radical (unpaired) electrons. The maximum absolute atomic E-state index is 6.22. The van der Waals surface area contributed by atoms with Gasteiger partial charge in [-0.3, -0.25) is 0 Å². The summed E-state index contributed by atoms with van der Waals surface area (Å²) in [5, 5.41) is 1.19. The Hall–Kier alpha value is -0.640. The molecule has 2 N–H and O–H groups in total. The highest BCUT2D eigenvalue weighted by Gasteiger charge is 2.25. The minimum Gasteiger partial charge on any atom is -0.399 e. The zero-order chi connectivity index (χ0) is 12.6. The first-order valence-corrected chi connectivity index (χ1v) is 6.38. The van der Waals surface area contributed by atoms with E-state index in [1.807, 2.05) is 13.8 Å². The highest BCUT2D eigenvalue weighted by molar-refractivity contribution is 6.39. The van der Waals surface area contributed by atoms with Gasteiger partial charge in [-0.25, -0.2) is 0 Å². The fourth-order valence-electron chi connectivity index (χ4n) is 2.25. The van der Waals surface area contributed by atoms with E-state index in [0.717, 1.165) is 18.8 Å². The lowest BCUT2D eigenvalue weighted by Gasteiger charge is -2.37. The van der Waals surface area contributed by atoms with Crippen molar-refractivity contribution in [2.24, 2.45) is 0 Å². The van der Waals surface area contributed by atoms with Crippen molar-refractivity contribution < 1.29 is 4.74 Å². The van der Waals surface area contributed by atoms with Crippen molar-refractivity contribution in [3.05, 3.63) is 22.2 Å². The Balaban J connectivity index is 2.33. The molecule has 5 heteroatoms. The van der Waals surface area contributed by atoms with Crippen LogP contribution in [0.2, 0.25) is 10.0 Å². The number of hydrogen-bond acceptors (Lipinski definition) is 3. The summed E-state index contributed by atoms with van der Waals surface area (Å²) in [6.07, 6.45) is 0.340. The molecule has 1 saturated heterocycles. The Morgan fingerprint density at radius 3 is 2.12 bits per heavy atom. The van der Waals surface area contributed by atoms with Crippen LogP contribution >= 0.6 is 23.2 Å². The molecule has 2 atom stereocenters. The van der Waals surface area contributed by atoms with Crippen molar-refractivity contribution in [1.29, 1.82) is 0 Å². The first-order chi connectivity index (χ1) is 7.97. The second-order valence-electron chi connectivity index (χ2n) is 4.50. The Morgan fingerprint density at radius 2 is 1.65 bits per heavy atom. The van der Waals surface area contributed by atoms with Crippen LogP contribution in [-0.2, 0) is 4.74 Å². The molecular formula is C12H16Cl2N2O. The van der Waals surface area contributed by atoms with Gasteiger partial charge in [0.15, 0.2) is 0 Å². The largest absolute Gasteiger partial charge is 0.399 e. The van der Waals surface area contributed by atoms with Crippen molar-refractivity contribution >= 4 is 34.6 Å². The van der Waals surface area contributed by atoms with Crippen LogP contribution in [0, 0.1) is 0 Å². The van der Waals surface area contributed by atoms with Gasteiger partial charge in [-0.05, 0) is 26.0 Å². The standard InChI is InChI=1S/C12H16Cl2N2O/c1-7-5-16(6-8(2)17-7)12-10(13)3-9(15)4-11(12)14/h3-4,7-8H,5-6,15H2,1-2H3/t7-,8-/m0/s1. The number of nitrogen functional groups attached to an aromatic ring is 1. The van der Waals surface area contributed by atoms with E-state index in [4.69, 9.17) is 33.7 Å². The van der Waals surface area contributed by atoms with Crippen LogP contribution in [-0.4, -0.2) is 25.3 Å². The minimum absolute atomic E-state index is 0.170. The van der Waals surface area contributed by atoms with Gasteiger partial charge in [-0.2, -0.15) is 0 Å². The van der Waals surface area contributed by atoms with Gasteiger partial charge < -0.3 is 15.4 Å². The van der Waals surface area contributed by atoms with E-state index >= 15 is 0 Å². The third kappa shape index (κ3) is 2.79. The molecular weight excluding hydrogens is 259 g/mol. The molecule has 2 rings (SSSR count). The van der Waals surface area contributed by atoms with Crippen LogP contribution in [0.4, 0.5) is 11.4 Å². The number of anilines is 2. The number of nitrogens with two attached hydrogens (primary N) is 1. The Morgan fingerprint density at radius 1 is 1.18 bits per heavy atom. The number of rotatable bonds is 1. The molecule has 1 aromatic carbocycles. The predicted octanol–water partition coefficient (Wildman–Crippen LogP) is 3.19. The first-order valence-electron chi connectivity index (χ1n) is 5.62. The van der Waals surface area contributed by atoms with Crippen LogP contribution in [0.15, 0.2) is 12.1 Å². The Labute approximate surface area is 111 Å². The summed E-state index contributed by atoms with van der Waals surface area (Å²) < 4.78 is 5.69. The summed E-state index contributed by atoms with van der Waals surface area (Å²) in [5.41, 5.74) is 7.13. The summed E-state index contributed by atoms with van der Waals surface area (Å²) in [7, 11) is 0. The van der Waals surface area contributed by atoms with Crippen molar-refractivity contribution in [3.63, 3.8) is 0 Å². The number of morpholine rings is 1. The van der Waals surface area contributed by atoms with Gasteiger partial charge in [-0.15, -0.1) is 0 Å². The lowest BCUT2D eigenvalue weighted by atomic mass is 10.2. The van der Waals surface area contributed by atoms with Crippen molar-refractivity contribution in [1.82, 2.24) is 0 Å². The SMILES string of the molecule is C[C@H]1CN(c2c(Cl)cc(N)cc2Cl)C[C@H](C)O1. The topological polar surface area (TPSA) is 38.5 Å². The van der Waals surface area contributed by atoms with Crippen LogP contribution < -0.4 is 10.6 Å². The molecule has 0 saturated carbocycles. The van der Waals surface area contributed by atoms with E-state index in [9.17, 15) is 0 Å². The Bertz CT molecular complexity index is 392. The minimum atomic E-state index is 0.170. The zero-order valence-corrected chi connectivity index (χ0v) is 11.4. The molecule has 0 aliphatic carbocycles. The molecule has 1 heterocycles. The van der Waals surface area contributed by atoms with Gasteiger partial charge in [-0.1, -0.05) is 23.2 Å². The summed E-state index contributed by atoms with van der Waals surface area (Å²) in [4.78, 5) is 2.16. The second-order valence-corrected chi connectivity index (χ2v) is 5.31. The molecule has 94 valence electrons.